The molecule has 2 aromatic carbocycles. The Morgan fingerprint density at radius 1 is 1.25 bits per heavy atom. The van der Waals surface area contributed by atoms with E-state index in [0.29, 0.717) is 19.5 Å². The van der Waals surface area contributed by atoms with E-state index in [4.69, 9.17) is 9.73 Å². The van der Waals surface area contributed by atoms with E-state index >= 15 is 0 Å². The molecule has 1 unspecified atom stereocenters. The summed E-state index contributed by atoms with van der Waals surface area (Å²) in [5, 5.41) is 9.57. The van der Waals surface area contributed by atoms with Crippen molar-refractivity contribution in [2.75, 3.05) is 13.1 Å². The molecule has 1 heterocycles. The molecule has 0 radical (unpaired) electrons. The highest BCUT2D eigenvalue weighted by Gasteiger charge is 2.18. The fourth-order valence-corrected chi connectivity index (χ4v) is 3.07. The van der Waals surface area contributed by atoms with Gasteiger partial charge in [-0.1, -0.05) is 30.3 Å². The van der Waals surface area contributed by atoms with Crippen LogP contribution in [0.5, 0.6) is 11.5 Å². The van der Waals surface area contributed by atoms with E-state index in [1.165, 1.54) is 0 Å². The standard InChI is InChI=1S/C22H28N4O2/c1-3-23-22(26-18-11-12-21(27)24-15-18)25-14-17-8-4-5-10-20(17)28-19-9-6-7-16(2)13-19/h4-10,13,18H,3,11-12,14-15H2,1-2H3,(H,24,27)(H2,23,25,26). The highest BCUT2D eigenvalue weighted by molar-refractivity contribution is 5.81. The first-order valence-electron chi connectivity index (χ1n) is 9.78. The maximum atomic E-state index is 11.3. The van der Waals surface area contributed by atoms with Gasteiger partial charge in [0.05, 0.1) is 6.54 Å². The van der Waals surface area contributed by atoms with Crippen molar-refractivity contribution in [2.24, 2.45) is 4.99 Å². The Kier molecular flexibility index (Phi) is 6.89. The predicted molar refractivity (Wildman–Crippen MR) is 112 cm³/mol. The maximum absolute atomic E-state index is 11.3. The second-order valence-electron chi connectivity index (χ2n) is 6.91. The van der Waals surface area contributed by atoms with Crippen LogP contribution in [-0.4, -0.2) is 31.0 Å². The van der Waals surface area contributed by atoms with Gasteiger partial charge in [0.1, 0.15) is 11.5 Å². The van der Waals surface area contributed by atoms with Crippen LogP contribution in [0.3, 0.4) is 0 Å². The van der Waals surface area contributed by atoms with E-state index in [0.717, 1.165) is 41.6 Å². The number of benzene rings is 2. The molecule has 0 aliphatic carbocycles. The van der Waals surface area contributed by atoms with Crippen LogP contribution in [0.25, 0.3) is 0 Å². The van der Waals surface area contributed by atoms with E-state index in [9.17, 15) is 4.79 Å². The zero-order valence-electron chi connectivity index (χ0n) is 16.5. The van der Waals surface area contributed by atoms with Crippen molar-refractivity contribution in [3.8, 4) is 11.5 Å². The molecule has 0 bridgehead atoms. The van der Waals surface area contributed by atoms with Gasteiger partial charge < -0.3 is 20.7 Å². The summed E-state index contributed by atoms with van der Waals surface area (Å²) in [5.74, 6) is 2.48. The first-order chi connectivity index (χ1) is 13.6. The number of piperidine rings is 1. The van der Waals surface area contributed by atoms with Crippen LogP contribution >= 0.6 is 0 Å². The molecule has 1 atom stereocenters. The van der Waals surface area contributed by atoms with Crippen LogP contribution in [0.1, 0.15) is 30.9 Å². The number of para-hydroxylation sites is 1. The summed E-state index contributed by atoms with van der Waals surface area (Å²) in [6.07, 6.45) is 1.35. The second kappa shape index (κ2) is 9.78. The molecule has 0 spiro atoms. The van der Waals surface area contributed by atoms with Gasteiger partial charge >= 0.3 is 0 Å². The van der Waals surface area contributed by atoms with Gasteiger partial charge in [0.25, 0.3) is 0 Å². The number of nitrogens with zero attached hydrogens (tertiary/aromatic N) is 1. The fourth-order valence-electron chi connectivity index (χ4n) is 3.07. The number of aliphatic imine (C=N–C) groups is 1. The van der Waals surface area contributed by atoms with Crippen molar-refractivity contribution in [1.29, 1.82) is 0 Å². The Morgan fingerprint density at radius 2 is 2.11 bits per heavy atom. The number of amides is 1. The lowest BCUT2D eigenvalue weighted by Crippen LogP contribution is -2.51. The van der Waals surface area contributed by atoms with E-state index < -0.39 is 0 Å². The van der Waals surface area contributed by atoms with E-state index in [-0.39, 0.29) is 11.9 Å². The van der Waals surface area contributed by atoms with Gasteiger partial charge in [-0.05, 0) is 44.0 Å². The lowest BCUT2D eigenvalue weighted by atomic mass is 10.1. The molecule has 1 fully saturated rings. The minimum Gasteiger partial charge on any atom is -0.457 e. The molecular weight excluding hydrogens is 352 g/mol. The third-order valence-electron chi connectivity index (χ3n) is 4.55. The molecule has 148 valence electrons. The molecule has 6 heteroatoms. The Bertz CT molecular complexity index is 825. The Balaban J connectivity index is 1.69. The molecule has 28 heavy (non-hydrogen) atoms. The van der Waals surface area contributed by atoms with Crippen molar-refractivity contribution in [1.82, 2.24) is 16.0 Å². The Morgan fingerprint density at radius 3 is 2.86 bits per heavy atom. The summed E-state index contributed by atoms with van der Waals surface area (Å²) in [6, 6.07) is 16.1. The highest BCUT2D eigenvalue weighted by Crippen LogP contribution is 2.26. The topological polar surface area (TPSA) is 74.8 Å². The molecule has 0 aromatic heterocycles. The van der Waals surface area contributed by atoms with Crippen molar-refractivity contribution in [2.45, 2.75) is 39.3 Å². The number of nitrogens with one attached hydrogen (secondary N) is 3. The summed E-state index contributed by atoms with van der Waals surface area (Å²) in [6.45, 7) is 5.97. The van der Waals surface area contributed by atoms with Crippen LogP contribution in [0.4, 0.5) is 0 Å². The third-order valence-corrected chi connectivity index (χ3v) is 4.55. The summed E-state index contributed by atoms with van der Waals surface area (Å²) in [4.78, 5) is 16.1. The minimum absolute atomic E-state index is 0.113. The number of rotatable bonds is 6. The molecule has 1 aliphatic rings. The molecule has 1 aliphatic heterocycles. The van der Waals surface area contributed by atoms with Crippen molar-refractivity contribution in [3.05, 3.63) is 59.7 Å². The average molecular weight is 380 g/mol. The molecule has 1 saturated heterocycles. The van der Waals surface area contributed by atoms with E-state index in [2.05, 4.69) is 16.0 Å². The minimum atomic E-state index is 0.113. The normalized spacial score (nSPS) is 17.0. The van der Waals surface area contributed by atoms with Crippen LogP contribution in [0.2, 0.25) is 0 Å². The van der Waals surface area contributed by atoms with Gasteiger partial charge in [-0.3, -0.25) is 4.79 Å². The average Bonchev–Trinajstić information content (AvgIpc) is 2.69. The molecule has 1 amide bonds. The fraction of sp³-hybridized carbons (Fsp3) is 0.364. The van der Waals surface area contributed by atoms with Gasteiger partial charge in [-0.15, -0.1) is 0 Å². The zero-order valence-corrected chi connectivity index (χ0v) is 16.5. The Labute approximate surface area is 166 Å². The van der Waals surface area contributed by atoms with Crippen molar-refractivity contribution in [3.63, 3.8) is 0 Å². The SMILES string of the molecule is CCNC(=NCc1ccccc1Oc1cccc(C)c1)NC1CCC(=O)NC1. The number of aryl methyl sites for hydroxylation is 1. The lowest BCUT2D eigenvalue weighted by Gasteiger charge is -2.25. The number of hydrogen-bond acceptors (Lipinski definition) is 3. The smallest absolute Gasteiger partial charge is 0.220 e. The molecule has 3 N–H and O–H groups in total. The van der Waals surface area contributed by atoms with Crippen LogP contribution in [0.15, 0.2) is 53.5 Å². The van der Waals surface area contributed by atoms with Gasteiger partial charge in [0.15, 0.2) is 5.96 Å². The first kappa shape index (κ1) is 19.7. The number of ether oxygens (including phenoxy) is 1. The van der Waals surface area contributed by atoms with Crippen molar-refractivity contribution < 1.29 is 9.53 Å². The lowest BCUT2D eigenvalue weighted by molar-refractivity contribution is -0.122. The van der Waals surface area contributed by atoms with Crippen LogP contribution in [-0.2, 0) is 11.3 Å². The maximum Gasteiger partial charge on any atom is 0.220 e. The number of guanidine groups is 1. The summed E-state index contributed by atoms with van der Waals surface area (Å²) < 4.78 is 6.09. The van der Waals surface area contributed by atoms with Gasteiger partial charge in [-0.2, -0.15) is 0 Å². The summed E-state index contributed by atoms with van der Waals surface area (Å²) in [5.41, 5.74) is 2.17. The zero-order chi connectivity index (χ0) is 19.8. The van der Waals surface area contributed by atoms with E-state index in [1.54, 1.807) is 0 Å². The predicted octanol–water partition coefficient (Wildman–Crippen LogP) is 3.12. The third kappa shape index (κ3) is 5.74. The number of hydrogen-bond donors (Lipinski definition) is 3. The first-order valence-corrected chi connectivity index (χ1v) is 9.78. The monoisotopic (exact) mass is 380 g/mol. The van der Waals surface area contributed by atoms with Gasteiger partial charge in [0.2, 0.25) is 5.91 Å². The van der Waals surface area contributed by atoms with Crippen LogP contribution < -0.4 is 20.7 Å². The second-order valence-corrected chi connectivity index (χ2v) is 6.91. The van der Waals surface area contributed by atoms with Crippen molar-refractivity contribution >= 4 is 11.9 Å². The molecule has 2 aromatic rings. The summed E-state index contributed by atoms with van der Waals surface area (Å²) in [7, 11) is 0. The largest absolute Gasteiger partial charge is 0.457 e. The summed E-state index contributed by atoms with van der Waals surface area (Å²) >= 11 is 0. The number of carbonyl (C=O) groups excluding carboxylic acids is 1. The Hall–Kier alpha value is -3.02. The molecule has 3 rings (SSSR count). The molecular formula is C22H28N4O2. The molecule has 6 nitrogen and oxygen atoms in total. The highest BCUT2D eigenvalue weighted by atomic mass is 16.5. The van der Waals surface area contributed by atoms with E-state index in [1.807, 2.05) is 62.4 Å². The van der Waals surface area contributed by atoms with Gasteiger partial charge in [-0.25, -0.2) is 4.99 Å². The number of carbonyl (C=O) groups is 1. The quantitative estimate of drug-likeness (QED) is 0.532. The van der Waals surface area contributed by atoms with Crippen LogP contribution in [0, 0.1) is 6.92 Å². The van der Waals surface area contributed by atoms with Gasteiger partial charge in [0, 0.05) is 31.1 Å². The molecule has 0 saturated carbocycles.